The number of aryl methyl sites for hydroxylation is 1. The summed E-state index contributed by atoms with van der Waals surface area (Å²) < 4.78 is 16.4. The van der Waals surface area contributed by atoms with Gasteiger partial charge in [-0.2, -0.15) is 0 Å². The van der Waals surface area contributed by atoms with Crippen molar-refractivity contribution in [1.29, 1.82) is 0 Å². The first-order valence-electron chi connectivity index (χ1n) is 9.07. The quantitative estimate of drug-likeness (QED) is 0.632. The summed E-state index contributed by atoms with van der Waals surface area (Å²) in [7, 11) is 1.60. The zero-order valence-electron chi connectivity index (χ0n) is 16.1. The van der Waals surface area contributed by atoms with Crippen LogP contribution in [0.1, 0.15) is 26.2 Å². The number of ether oxygens (including phenoxy) is 2. The van der Waals surface area contributed by atoms with Gasteiger partial charge in [-0.25, -0.2) is 0 Å². The Morgan fingerprint density at radius 1 is 1.11 bits per heavy atom. The lowest BCUT2D eigenvalue weighted by molar-refractivity contribution is -0.116. The number of benzene rings is 2. The molecule has 0 radical (unpaired) electrons. The first kappa shape index (κ1) is 19.4. The molecule has 0 aliphatic heterocycles. The average molecular weight is 381 g/mol. The van der Waals surface area contributed by atoms with Gasteiger partial charge in [0.05, 0.1) is 13.2 Å². The molecule has 146 valence electrons. The summed E-state index contributed by atoms with van der Waals surface area (Å²) >= 11 is 0. The van der Waals surface area contributed by atoms with Crippen molar-refractivity contribution in [2.24, 2.45) is 0 Å². The van der Waals surface area contributed by atoms with E-state index in [1.165, 1.54) is 0 Å². The molecule has 1 N–H and O–H groups in total. The summed E-state index contributed by atoms with van der Waals surface area (Å²) in [6, 6.07) is 14.6. The van der Waals surface area contributed by atoms with Gasteiger partial charge in [0.25, 0.3) is 0 Å². The molecule has 0 saturated carbocycles. The molecule has 0 spiro atoms. The first-order valence-corrected chi connectivity index (χ1v) is 9.07. The molecule has 0 aliphatic carbocycles. The first-order chi connectivity index (χ1) is 13.5. The number of nitrogens with zero attached hydrogens (tertiary/aromatic N) is 2. The molecule has 1 amide bonds. The van der Waals surface area contributed by atoms with Crippen molar-refractivity contribution in [2.45, 2.75) is 32.8 Å². The molecule has 3 aromatic rings. The predicted octanol–water partition coefficient (Wildman–Crippen LogP) is 4.10. The second-order valence-corrected chi connectivity index (χ2v) is 6.47. The van der Waals surface area contributed by atoms with Crippen LogP contribution in [0, 0.1) is 0 Å². The van der Waals surface area contributed by atoms with Gasteiger partial charge in [-0.15, -0.1) is 10.2 Å². The Bertz CT molecular complexity index is 919. The summed E-state index contributed by atoms with van der Waals surface area (Å²) in [4.78, 5) is 12.2. The van der Waals surface area contributed by atoms with Crippen LogP contribution in [-0.2, 0) is 11.2 Å². The Labute approximate surface area is 163 Å². The minimum atomic E-state index is -0.126. The van der Waals surface area contributed by atoms with Crippen molar-refractivity contribution >= 4 is 11.6 Å². The van der Waals surface area contributed by atoms with E-state index in [2.05, 4.69) is 15.5 Å². The third-order valence-electron chi connectivity index (χ3n) is 3.86. The number of anilines is 1. The monoisotopic (exact) mass is 381 g/mol. The highest BCUT2D eigenvalue weighted by Crippen LogP contribution is 2.23. The Morgan fingerprint density at radius 2 is 1.89 bits per heavy atom. The van der Waals surface area contributed by atoms with E-state index in [0.29, 0.717) is 29.6 Å². The van der Waals surface area contributed by atoms with Crippen molar-refractivity contribution < 1.29 is 18.7 Å². The zero-order chi connectivity index (χ0) is 19.9. The molecule has 7 nitrogen and oxygen atoms in total. The van der Waals surface area contributed by atoms with Crippen LogP contribution >= 0.6 is 0 Å². The lowest BCUT2D eigenvalue weighted by atomic mass is 10.2. The number of hydrogen-bond donors (Lipinski definition) is 1. The van der Waals surface area contributed by atoms with Gasteiger partial charge < -0.3 is 19.2 Å². The van der Waals surface area contributed by atoms with E-state index in [-0.39, 0.29) is 18.4 Å². The lowest BCUT2D eigenvalue weighted by Crippen LogP contribution is -2.12. The number of aromatic nitrogens is 2. The molecule has 3 rings (SSSR count). The topological polar surface area (TPSA) is 86.5 Å². The zero-order valence-corrected chi connectivity index (χ0v) is 16.1. The van der Waals surface area contributed by atoms with Crippen LogP contribution < -0.4 is 14.8 Å². The number of carbonyl (C=O) groups is 1. The second kappa shape index (κ2) is 9.03. The van der Waals surface area contributed by atoms with Crippen LogP contribution in [0.4, 0.5) is 5.69 Å². The highest BCUT2D eigenvalue weighted by atomic mass is 16.5. The molecular weight excluding hydrogens is 358 g/mol. The van der Waals surface area contributed by atoms with Crippen molar-refractivity contribution in [3.05, 3.63) is 54.4 Å². The standard InChI is InChI=1S/C21H23N3O4/c1-14(2)27-17-9-7-16(8-10-17)22-19(25)11-12-20-23-24-21(28-20)15-5-4-6-18(13-15)26-3/h4-10,13-14H,11-12H2,1-3H3,(H,22,25). The summed E-state index contributed by atoms with van der Waals surface area (Å²) in [6.07, 6.45) is 0.707. The molecule has 0 unspecified atom stereocenters. The molecule has 1 heterocycles. The summed E-state index contributed by atoms with van der Waals surface area (Å²) in [5.41, 5.74) is 1.48. The van der Waals surface area contributed by atoms with E-state index in [0.717, 1.165) is 11.3 Å². The van der Waals surface area contributed by atoms with Crippen LogP contribution in [0.5, 0.6) is 11.5 Å². The van der Waals surface area contributed by atoms with E-state index < -0.39 is 0 Å². The van der Waals surface area contributed by atoms with Crippen molar-refractivity contribution in [1.82, 2.24) is 10.2 Å². The normalized spacial score (nSPS) is 10.7. The van der Waals surface area contributed by atoms with Crippen molar-refractivity contribution in [3.63, 3.8) is 0 Å². The maximum absolute atomic E-state index is 12.2. The summed E-state index contributed by atoms with van der Waals surface area (Å²) in [5, 5.41) is 10.9. The molecule has 0 aliphatic rings. The van der Waals surface area contributed by atoms with Crippen LogP contribution in [0.3, 0.4) is 0 Å². The third kappa shape index (κ3) is 5.33. The summed E-state index contributed by atoms with van der Waals surface area (Å²) in [6.45, 7) is 3.93. The molecular formula is C21H23N3O4. The molecule has 2 aromatic carbocycles. The van der Waals surface area contributed by atoms with Gasteiger partial charge in [0, 0.05) is 24.1 Å². The largest absolute Gasteiger partial charge is 0.497 e. The number of nitrogens with one attached hydrogen (secondary N) is 1. The number of hydrogen-bond acceptors (Lipinski definition) is 6. The van der Waals surface area contributed by atoms with E-state index >= 15 is 0 Å². The number of amides is 1. The molecule has 0 atom stereocenters. The lowest BCUT2D eigenvalue weighted by Gasteiger charge is -2.10. The predicted molar refractivity (Wildman–Crippen MR) is 105 cm³/mol. The maximum Gasteiger partial charge on any atom is 0.247 e. The van der Waals surface area contributed by atoms with Gasteiger partial charge in [0.1, 0.15) is 11.5 Å². The molecule has 0 bridgehead atoms. The van der Waals surface area contributed by atoms with E-state index in [9.17, 15) is 4.79 Å². The van der Waals surface area contributed by atoms with Crippen molar-refractivity contribution in [3.8, 4) is 23.0 Å². The fourth-order valence-corrected chi connectivity index (χ4v) is 2.56. The van der Waals surface area contributed by atoms with Crippen LogP contribution in [0.25, 0.3) is 11.5 Å². The van der Waals surface area contributed by atoms with Gasteiger partial charge in [-0.1, -0.05) is 6.07 Å². The molecule has 0 fully saturated rings. The van der Waals surface area contributed by atoms with Crippen LogP contribution in [0.2, 0.25) is 0 Å². The van der Waals surface area contributed by atoms with Gasteiger partial charge in [0.15, 0.2) is 0 Å². The Morgan fingerprint density at radius 3 is 2.61 bits per heavy atom. The minimum absolute atomic E-state index is 0.108. The summed E-state index contributed by atoms with van der Waals surface area (Å²) in [5.74, 6) is 2.16. The fraction of sp³-hybridized carbons (Fsp3) is 0.286. The molecule has 1 aromatic heterocycles. The van der Waals surface area contributed by atoms with E-state index in [1.54, 1.807) is 7.11 Å². The van der Waals surface area contributed by atoms with Gasteiger partial charge in [0.2, 0.25) is 17.7 Å². The van der Waals surface area contributed by atoms with Crippen LogP contribution in [-0.4, -0.2) is 29.3 Å². The fourth-order valence-electron chi connectivity index (χ4n) is 2.56. The van der Waals surface area contributed by atoms with E-state index in [1.807, 2.05) is 62.4 Å². The maximum atomic E-state index is 12.2. The third-order valence-corrected chi connectivity index (χ3v) is 3.86. The SMILES string of the molecule is COc1cccc(-c2nnc(CCC(=O)Nc3ccc(OC(C)C)cc3)o2)c1. The average Bonchev–Trinajstić information content (AvgIpc) is 3.17. The Kier molecular flexibility index (Phi) is 6.26. The minimum Gasteiger partial charge on any atom is -0.497 e. The Balaban J connectivity index is 1.53. The van der Waals surface area contributed by atoms with Crippen molar-refractivity contribution in [2.75, 3.05) is 12.4 Å². The highest BCUT2D eigenvalue weighted by molar-refractivity contribution is 5.90. The number of methoxy groups -OCH3 is 1. The smallest absolute Gasteiger partial charge is 0.247 e. The Hall–Kier alpha value is -3.35. The second-order valence-electron chi connectivity index (χ2n) is 6.47. The van der Waals surface area contributed by atoms with Crippen LogP contribution in [0.15, 0.2) is 52.9 Å². The number of carbonyl (C=O) groups excluding carboxylic acids is 1. The molecule has 28 heavy (non-hydrogen) atoms. The van der Waals surface area contributed by atoms with Gasteiger partial charge >= 0.3 is 0 Å². The van der Waals surface area contributed by atoms with Gasteiger partial charge in [-0.05, 0) is 56.3 Å². The highest BCUT2D eigenvalue weighted by Gasteiger charge is 2.11. The van der Waals surface area contributed by atoms with E-state index in [4.69, 9.17) is 13.9 Å². The number of rotatable bonds is 8. The molecule has 7 heteroatoms. The van der Waals surface area contributed by atoms with Gasteiger partial charge in [-0.3, -0.25) is 4.79 Å². The molecule has 0 saturated heterocycles.